The highest BCUT2D eigenvalue weighted by Crippen LogP contribution is 2.27. The van der Waals surface area contributed by atoms with Gasteiger partial charge in [0.25, 0.3) is 0 Å². The largest absolute Gasteiger partial charge is 0.488 e. The van der Waals surface area contributed by atoms with Gasteiger partial charge in [-0.15, -0.1) is 0 Å². The van der Waals surface area contributed by atoms with Gasteiger partial charge in [-0.2, -0.15) is 5.10 Å². The van der Waals surface area contributed by atoms with Crippen LogP contribution in [0, 0.1) is 6.92 Å². The van der Waals surface area contributed by atoms with E-state index in [-0.39, 0.29) is 6.10 Å². The molecule has 2 heterocycles. The molecule has 1 aromatic carbocycles. The van der Waals surface area contributed by atoms with Crippen LogP contribution in [0.15, 0.2) is 30.3 Å². The number of aromatic nitrogens is 2. The van der Waals surface area contributed by atoms with Crippen molar-refractivity contribution in [1.29, 1.82) is 0 Å². The lowest BCUT2D eigenvalue weighted by Gasteiger charge is -2.27. The van der Waals surface area contributed by atoms with Crippen LogP contribution in [0.3, 0.4) is 0 Å². The quantitative estimate of drug-likeness (QED) is 0.822. The molecule has 23 heavy (non-hydrogen) atoms. The van der Waals surface area contributed by atoms with Gasteiger partial charge in [0.1, 0.15) is 6.61 Å². The summed E-state index contributed by atoms with van der Waals surface area (Å²) < 4.78 is 13.8. The third-order valence-electron chi connectivity index (χ3n) is 3.88. The van der Waals surface area contributed by atoms with E-state index in [9.17, 15) is 0 Å². The van der Waals surface area contributed by atoms with Gasteiger partial charge in [-0.3, -0.25) is 9.58 Å². The van der Waals surface area contributed by atoms with Crippen molar-refractivity contribution >= 4 is 0 Å². The Morgan fingerprint density at radius 2 is 1.96 bits per heavy atom. The zero-order valence-corrected chi connectivity index (χ0v) is 14.2. The molecule has 0 bridgehead atoms. The second-order valence-corrected chi connectivity index (χ2v) is 6.24. The lowest BCUT2D eigenvalue weighted by atomic mass is 10.3. The Balaban J connectivity index is 1.52. The number of benzene rings is 1. The summed E-state index contributed by atoms with van der Waals surface area (Å²) in [4.78, 5) is 2.41. The highest BCUT2D eigenvalue weighted by Gasteiger charge is 2.17. The van der Waals surface area contributed by atoms with Gasteiger partial charge in [0.15, 0.2) is 11.5 Å². The molecular weight excluding hydrogens is 290 g/mol. The molecular formula is C18H25N3O2. The number of nitrogens with zero attached hydrogens (tertiary/aromatic N) is 3. The number of fused-ring (bicyclic) bond motifs is 1. The summed E-state index contributed by atoms with van der Waals surface area (Å²) in [7, 11) is 0. The van der Waals surface area contributed by atoms with Crippen LogP contribution in [0.4, 0.5) is 0 Å². The van der Waals surface area contributed by atoms with Crippen molar-refractivity contribution in [2.75, 3.05) is 19.7 Å². The van der Waals surface area contributed by atoms with E-state index >= 15 is 0 Å². The molecule has 0 aliphatic carbocycles. The van der Waals surface area contributed by atoms with Crippen LogP contribution in [0.1, 0.15) is 25.2 Å². The van der Waals surface area contributed by atoms with Crippen LogP contribution in [0.25, 0.3) is 0 Å². The highest BCUT2D eigenvalue weighted by atomic mass is 16.5. The van der Waals surface area contributed by atoms with Crippen molar-refractivity contribution < 1.29 is 9.47 Å². The lowest BCUT2D eigenvalue weighted by molar-refractivity contribution is 0.165. The van der Waals surface area contributed by atoms with Crippen LogP contribution < -0.4 is 9.47 Å². The van der Waals surface area contributed by atoms with Gasteiger partial charge in [0.05, 0.1) is 24.0 Å². The second kappa shape index (κ2) is 7.04. The van der Waals surface area contributed by atoms with Gasteiger partial charge < -0.3 is 9.47 Å². The monoisotopic (exact) mass is 315 g/mol. The summed E-state index contributed by atoms with van der Waals surface area (Å²) in [6.45, 7) is 10.6. The number of ether oxygens (including phenoxy) is 2. The summed E-state index contributed by atoms with van der Waals surface area (Å²) in [5.74, 6) is 1.63. The Morgan fingerprint density at radius 3 is 2.74 bits per heavy atom. The van der Waals surface area contributed by atoms with E-state index < -0.39 is 0 Å². The van der Waals surface area contributed by atoms with Gasteiger partial charge in [0.2, 0.25) is 0 Å². The number of hydrogen-bond acceptors (Lipinski definition) is 4. The van der Waals surface area contributed by atoms with Crippen molar-refractivity contribution in [3.8, 4) is 11.5 Å². The Morgan fingerprint density at radius 1 is 1.17 bits per heavy atom. The van der Waals surface area contributed by atoms with Gasteiger partial charge in [-0.05, 0) is 39.0 Å². The molecule has 124 valence electrons. The maximum atomic E-state index is 5.94. The minimum Gasteiger partial charge on any atom is -0.488 e. The Hall–Kier alpha value is -2.01. The minimum absolute atomic E-state index is 0.144. The lowest BCUT2D eigenvalue weighted by Crippen LogP contribution is -2.36. The van der Waals surface area contributed by atoms with Crippen LogP contribution in [-0.4, -0.2) is 40.5 Å². The highest BCUT2D eigenvalue weighted by molar-refractivity contribution is 5.39. The van der Waals surface area contributed by atoms with Gasteiger partial charge in [-0.1, -0.05) is 12.1 Å². The van der Waals surface area contributed by atoms with E-state index in [1.54, 1.807) is 0 Å². The minimum atomic E-state index is 0.144. The summed E-state index contributed by atoms with van der Waals surface area (Å²) in [5.41, 5.74) is 2.38. The molecule has 2 aromatic rings. The molecule has 3 rings (SSSR count). The van der Waals surface area contributed by atoms with E-state index in [1.807, 2.05) is 45.0 Å². The first-order valence-electron chi connectivity index (χ1n) is 8.26. The van der Waals surface area contributed by atoms with Crippen LogP contribution >= 0.6 is 0 Å². The first-order chi connectivity index (χ1) is 11.1. The van der Waals surface area contributed by atoms with Crippen molar-refractivity contribution in [1.82, 2.24) is 14.7 Å². The molecule has 1 aromatic heterocycles. The second-order valence-electron chi connectivity index (χ2n) is 6.24. The predicted octanol–water partition coefficient (Wildman–Crippen LogP) is 2.87. The fraction of sp³-hybridized carbons (Fsp3) is 0.500. The zero-order chi connectivity index (χ0) is 16.2. The first-order valence-corrected chi connectivity index (χ1v) is 8.26. The Labute approximate surface area is 137 Å². The number of hydrogen-bond donors (Lipinski definition) is 0. The smallest absolute Gasteiger partial charge is 0.161 e. The van der Waals surface area contributed by atoms with Crippen LogP contribution in [0.5, 0.6) is 11.5 Å². The van der Waals surface area contributed by atoms with E-state index in [1.165, 1.54) is 5.69 Å². The van der Waals surface area contributed by atoms with Crippen molar-refractivity contribution in [2.24, 2.45) is 0 Å². The van der Waals surface area contributed by atoms with Crippen molar-refractivity contribution in [2.45, 2.75) is 40.0 Å². The SMILES string of the molecule is Cc1cc2n(n1)CCN(CCOc1ccccc1OC(C)C)C2. The molecule has 0 atom stereocenters. The normalized spacial score (nSPS) is 14.8. The molecule has 1 aliphatic heterocycles. The average molecular weight is 315 g/mol. The molecule has 0 spiro atoms. The van der Waals surface area contributed by atoms with Crippen molar-refractivity contribution in [3.63, 3.8) is 0 Å². The summed E-state index contributed by atoms with van der Waals surface area (Å²) in [6, 6.07) is 10.0. The molecule has 1 aliphatic rings. The molecule has 5 heteroatoms. The summed E-state index contributed by atoms with van der Waals surface area (Å²) >= 11 is 0. The summed E-state index contributed by atoms with van der Waals surface area (Å²) in [6.07, 6.45) is 0.144. The number of para-hydroxylation sites is 2. The molecule has 0 radical (unpaired) electrons. The molecule has 0 saturated carbocycles. The predicted molar refractivity (Wildman–Crippen MR) is 89.9 cm³/mol. The molecule has 0 unspecified atom stereocenters. The van der Waals surface area contributed by atoms with Gasteiger partial charge in [0, 0.05) is 19.6 Å². The molecule has 0 saturated heterocycles. The standard InChI is InChI=1S/C18H25N3O2/c1-14(2)23-18-7-5-4-6-17(18)22-11-10-20-8-9-21-16(13-20)12-15(3)19-21/h4-7,12,14H,8-11,13H2,1-3H3. The van der Waals surface area contributed by atoms with E-state index in [0.29, 0.717) is 6.61 Å². The first kappa shape index (κ1) is 15.9. The Kier molecular flexibility index (Phi) is 4.86. The topological polar surface area (TPSA) is 39.5 Å². The van der Waals surface area contributed by atoms with Crippen LogP contribution in [-0.2, 0) is 13.1 Å². The molecule has 0 N–H and O–H groups in total. The van der Waals surface area contributed by atoms with Crippen molar-refractivity contribution in [3.05, 3.63) is 41.7 Å². The van der Waals surface area contributed by atoms with E-state index in [2.05, 4.69) is 20.7 Å². The Bertz CT molecular complexity index is 651. The molecule has 0 amide bonds. The van der Waals surface area contributed by atoms with E-state index in [4.69, 9.17) is 9.47 Å². The maximum absolute atomic E-state index is 5.94. The fourth-order valence-corrected chi connectivity index (χ4v) is 2.86. The van der Waals surface area contributed by atoms with Crippen LogP contribution in [0.2, 0.25) is 0 Å². The summed E-state index contributed by atoms with van der Waals surface area (Å²) in [5, 5.41) is 4.49. The van der Waals surface area contributed by atoms with Gasteiger partial charge in [-0.25, -0.2) is 0 Å². The van der Waals surface area contributed by atoms with Gasteiger partial charge >= 0.3 is 0 Å². The molecule has 5 nitrogen and oxygen atoms in total. The zero-order valence-electron chi connectivity index (χ0n) is 14.2. The average Bonchev–Trinajstić information content (AvgIpc) is 2.88. The molecule has 0 fully saturated rings. The van der Waals surface area contributed by atoms with E-state index in [0.717, 1.165) is 43.4 Å². The third-order valence-corrected chi connectivity index (χ3v) is 3.88. The third kappa shape index (κ3) is 4.05. The maximum Gasteiger partial charge on any atom is 0.161 e. The number of rotatable bonds is 6. The fourth-order valence-electron chi connectivity index (χ4n) is 2.86. The number of aryl methyl sites for hydroxylation is 1.